The van der Waals surface area contributed by atoms with Crippen LogP contribution in [0.15, 0.2) is 24.3 Å². The zero-order valence-electron chi connectivity index (χ0n) is 9.42. The van der Waals surface area contributed by atoms with Crippen LogP contribution in [0.3, 0.4) is 0 Å². The van der Waals surface area contributed by atoms with Crippen LogP contribution in [0.5, 0.6) is 5.75 Å². The largest absolute Gasteiger partial charge is 0.494 e. The van der Waals surface area contributed by atoms with Gasteiger partial charge in [-0.05, 0) is 37.3 Å². The lowest BCUT2D eigenvalue weighted by molar-refractivity contribution is 0.333. The van der Waals surface area contributed by atoms with Crippen LogP contribution in [0.25, 0.3) is 0 Å². The van der Waals surface area contributed by atoms with Gasteiger partial charge >= 0.3 is 0 Å². The molecule has 78 valence electrons. The van der Waals surface area contributed by atoms with Gasteiger partial charge in [-0.15, -0.1) is 0 Å². The van der Waals surface area contributed by atoms with Crippen molar-refractivity contribution in [2.24, 2.45) is 0 Å². The van der Waals surface area contributed by atoms with E-state index < -0.39 is 0 Å². The summed E-state index contributed by atoms with van der Waals surface area (Å²) in [4.78, 5) is 0. The van der Waals surface area contributed by atoms with Crippen LogP contribution in [-0.4, -0.2) is 6.61 Å². The Morgan fingerprint density at radius 1 is 1.07 bits per heavy atom. The lowest BCUT2D eigenvalue weighted by atomic mass is 9.93. The standard InChI is InChI=1S/C13H20O/c1-4-11(5-2)12-9-7-8-10-13(12)14-6-3/h7-11H,4-6H2,1-3H3. The van der Waals surface area contributed by atoms with Crippen molar-refractivity contribution in [3.8, 4) is 5.75 Å². The van der Waals surface area contributed by atoms with Gasteiger partial charge in [0.2, 0.25) is 0 Å². The maximum absolute atomic E-state index is 5.62. The highest BCUT2D eigenvalue weighted by Gasteiger charge is 2.11. The maximum atomic E-state index is 5.62. The minimum Gasteiger partial charge on any atom is -0.494 e. The highest BCUT2D eigenvalue weighted by atomic mass is 16.5. The van der Waals surface area contributed by atoms with Crippen molar-refractivity contribution in [2.75, 3.05) is 6.61 Å². The van der Waals surface area contributed by atoms with E-state index in [0.717, 1.165) is 12.4 Å². The second kappa shape index (κ2) is 5.69. The average Bonchev–Trinajstić information content (AvgIpc) is 2.23. The van der Waals surface area contributed by atoms with Crippen LogP contribution in [0, 0.1) is 0 Å². The molecule has 0 heterocycles. The molecule has 0 N–H and O–H groups in total. The molecule has 0 aliphatic heterocycles. The number of benzene rings is 1. The molecular weight excluding hydrogens is 172 g/mol. The second-order valence-electron chi connectivity index (χ2n) is 3.48. The van der Waals surface area contributed by atoms with Crippen molar-refractivity contribution in [3.05, 3.63) is 29.8 Å². The third kappa shape index (κ3) is 2.50. The molecule has 0 aliphatic carbocycles. The van der Waals surface area contributed by atoms with E-state index >= 15 is 0 Å². The van der Waals surface area contributed by atoms with E-state index in [9.17, 15) is 0 Å². The first-order chi connectivity index (χ1) is 6.83. The Morgan fingerprint density at radius 3 is 2.29 bits per heavy atom. The Kier molecular flexibility index (Phi) is 4.51. The number of hydrogen-bond donors (Lipinski definition) is 0. The Balaban J connectivity index is 2.92. The Bertz CT molecular complexity index is 264. The number of hydrogen-bond acceptors (Lipinski definition) is 1. The van der Waals surface area contributed by atoms with Crippen LogP contribution in [0.1, 0.15) is 45.1 Å². The fraction of sp³-hybridized carbons (Fsp3) is 0.538. The molecular formula is C13H20O. The van der Waals surface area contributed by atoms with Crippen molar-refractivity contribution in [3.63, 3.8) is 0 Å². The van der Waals surface area contributed by atoms with E-state index in [4.69, 9.17) is 4.74 Å². The first kappa shape index (κ1) is 11.1. The predicted molar refractivity (Wildman–Crippen MR) is 60.9 cm³/mol. The van der Waals surface area contributed by atoms with Gasteiger partial charge in [-0.2, -0.15) is 0 Å². The first-order valence-electron chi connectivity index (χ1n) is 5.55. The molecule has 0 aromatic heterocycles. The molecule has 0 saturated carbocycles. The molecule has 0 saturated heterocycles. The normalized spacial score (nSPS) is 10.6. The quantitative estimate of drug-likeness (QED) is 0.685. The molecule has 0 fully saturated rings. The summed E-state index contributed by atoms with van der Waals surface area (Å²) in [6, 6.07) is 8.38. The second-order valence-corrected chi connectivity index (χ2v) is 3.48. The summed E-state index contributed by atoms with van der Waals surface area (Å²) in [7, 11) is 0. The van der Waals surface area contributed by atoms with E-state index in [-0.39, 0.29) is 0 Å². The summed E-state index contributed by atoms with van der Waals surface area (Å²) < 4.78 is 5.62. The van der Waals surface area contributed by atoms with Crippen molar-refractivity contribution in [1.82, 2.24) is 0 Å². The topological polar surface area (TPSA) is 9.23 Å². The van der Waals surface area contributed by atoms with Crippen LogP contribution < -0.4 is 4.74 Å². The third-order valence-corrected chi connectivity index (χ3v) is 2.64. The van der Waals surface area contributed by atoms with Crippen molar-refractivity contribution >= 4 is 0 Å². The van der Waals surface area contributed by atoms with Gasteiger partial charge in [0.05, 0.1) is 6.61 Å². The molecule has 1 rings (SSSR count). The van der Waals surface area contributed by atoms with E-state index in [2.05, 4.69) is 32.0 Å². The van der Waals surface area contributed by atoms with E-state index in [1.54, 1.807) is 0 Å². The maximum Gasteiger partial charge on any atom is 0.122 e. The van der Waals surface area contributed by atoms with E-state index in [1.807, 2.05) is 13.0 Å². The molecule has 0 amide bonds. The van der Waals surface area contributed by atoms with Gasteiger partial charge in [0.1, 0.15) is 5.75 Å². The van der Waals surface area contributed by atoms with Gasteiger partial charge < -0.3 is 4.74 Å². The minimum atomic E-state index is 0.637. The van der Waals surface area contributed by atoms with Crippen LogP contribution in [0.2, 0.25) is 0 Å². The highest BCUT2D eigenvalue weighted by molar-refractivity contribution is 5.36. The molecule has 14 heavy (non-hydrogen) atoms. The minimum absolute atomic E-state index is 0.637. The van der Waals surface area contributed by atoms with Gasteiger partial charge in [0.15, 0.2) is 0 Å². The van der Waals surface area contributed by atoms with E-state index in [1.165, 1.54) is 18.4 Å². The average molecular weight is 192 g/mol. The zero-order chi connectivity index (χ0) is 10.4. The van der Waals surface area contributed by atoms with Crippen LogP contribution in [0.4, 0.5) is 0 Å². The predicted octanol–water partition coefficient (Wildman–Crippen LogP) is 3.99. The lowest BCUT2D eigenvalue weighted by Crippen LogP contribution is -2.01. The van der Waals surface area contributed by atoms with Gasteiger partial charge in [0.25, 0.3) is 0 Å². The summed E-state index contributed by atoms with van der Waals surface area (Å²) in [5.41, 5.74) is 1.36. The fourth-order valence-electron chi connectivity index (χ4n) is 1.83. The Hall–Kier alpha value is -0.980. The molecule has 0 atom stereocenters. The molecule has 1 aromatic rings. The molecule has 0 unspecified atom stereocenters. The van der Waals surface area contributed by atoms with Gasteiger partial charge in [-0.1, -0.05) is 32.0 Å². The monoisotopic (exact) mass is 192 g/mol. The molecule has 1 aromatic carbocycles. The molecule has 1 heteroatoms. The van der Waals surface area contributed by atoms with Crippen LogP contribution >= 0.6 is 0 Å². The molecule has 1 nitrogen and oxygen atoms in total. The Labute approximate surface area is 87.1 Å². The lowest BCUT2D eigenvalue weighted by Gasteiger charge is -2.17. The zero-order valence-corrected chi connectivity index (χ0v) is 9.42. The van der Waals surface area contributed by atoms with Crippen LogP contribution in [-0.2, 0) is 0 Å². The molecule has 0 aliphatic rings. The number of rotatable bonds is 5. The SMILES string of the molecule is CCOc1ccccc1C(CC)CC. The van der Waals surface area contributed by atoms with Crippen molar-refractivity contribution in [2.45, 2.75) is 39.5 Å². The first-order valence-corrected chi connectivity index (χ1v) is 5.55. The number of para-hydroxylation sites is 1. The molecule has 0 radical (unpaired) electrons. The molecule has 0 bridgehead atoms. The van der Waals surface area contributed by atoms with Gasteiger partial charge in [-0.25, -0.2) is 0 Å². The smallest absolute Gasteiger partial charge is 0.122 e. The summed E-state index contributed by atoms with van der Waals surface area (Å²) in [5, 5.41) is 0. The summed E-state index contributed by atoms with van der Waals surface area (Å²) in [6.45, 7) is 7.24. The fourth-order valence-corrected chi connectivity index (χ4v) is 1.83. The third-order valence-electron chi connectivity index (χ3n) is 2.64. The van der Waals surface area contributed by atoms with Gasteiger partial charge in [0, 0.05) is 0 Å². The summed E-state index contributed by atoms with van der Waals surface area (Å²) in [5.74, 6) is 1.70. The summed E-state index contributed by atoms with van der Waals surface area (Å²) >= 11 is 0. The highest BCUT2D eigenvalue weighted by Crippen LogP contribution is 2.30. The Morgan fingerprint density at radius 2 is 1.71 bits per heavy atom. The molecule has 0 spiro atoms. The summed E-state index contributed by atoms with van der Waals surface area (Å²) in [6.07, 6.45) is 2.36. The van der Waals surface area contributed by atoms with E-state index in [0.29, 0.717) is 5.92 Å². The van der Waals surface area contributed by atoms with Gasteiger partial charge in [-0.3, -0.25) is 0 Å². The number of ether oxygens (including phenoxy) is 1. The van der Waals surface area contributed by atoms with Crippen molar-refractivity contribution in [1.29, 1.82) is 0 Å². The van der Waals surface area contributed by atoms with Crippen molar-refractivity contribution < 1.29 is 4.74 Å².